The molecule has 100 valence electrons. The molecule has 0 atom stereocenters. The molecule has 3 aromatic rings. The van der Waals surface area contributed by atoms with Gasteiger partial charge < -0.3 is 10.7 Å². The lowest BCUT2D eigenvalue weighted by Gasteiger charge is -2.04. The average Bonchev–Trinajstić information content (AvgIpc) is 2.83. The molecule has 0 saturated heterocycles. The lowest BCUT2D eigenvalue weighted by Crippen LogP contribution is -2.02. The maximum atomic E-state index is 13.1. The predicted molar refractivity (Wildman–Crippen MR) is 77.6 cm³/mol. The molecule has 3 nitrogen and oxygen atoms in total. The number of nitrogens with two attached hydrogens (primary N) is 1. The van der Waals surface area contributed by atoms with Gasteiger partial charge in [0.1, 0.15) is 5.82 Å². The molecule has 3 N–H and O–H groups in total. The van der Waals surface area contributed by atoms with Crippen molar-refractivity contribution in [2.75, 3.05) is 5.73 Å². The summed E-state index contributed by atoms with van der Waals surface area (Å²) in [6, 6.07) is 8.96. The molecule has 0 aliphatic carbocycles. The molecule has 0 radical (unpaired) electrons. The number of benzene rings is 2. The molecule has 3 rings (SSSR count). The van der Waals surface area contributed by atoms with Crippen LogP contribution in [0.5, 0.6) is 0 Å². The van der Waals surface area contributed by atoms with E-state index in [1.807, 2.05) is 0 Å². The van der Waals surface area contributed by atoms with Crippen LogP contribution >= 0.6 is 11.6 Å². The molecule has 5 heteroatoms. The fraction of sp³-hybridized carbons (Fsp3) is 0. The summed E-state index contributed by atoms with van der Waals surface area (Å²) in [7, 11) is 0. The molecule has 1 aromatic heterocycles. The van der Waals surface area contributed by atoms with E-state index in [9.17, 15) is 9.18 Å². The van der Waals surface area contributed by atoms with E-state index in [2.05, 4.69) is 4.98 Å². The van der Waals surface area contributed by atoms with E-state index in [1.165, 1.54) is 18.2 Å². The van der Waals surface area contributed by atoms with E-state index in [-0.39, 0.29) is 11.6 Å². The predicted octanol–water partition coefficient (Wildman–Crippen LogP) is 3.77. The number of halogens is 2. The standard InChI is InChI=1S/C15H10ClFN2O/c16-13-4-2-9(18)6-11(13)15(20)12-7-19-14-5-8(17)1-3-10(12)14/h1-7,19H,18H2. The minimum absolute atomic E-state index is 0.250. The normalized spacial score (nSPS) is 10.9. The van der Waals surface area contributed by atoms with Gasteiger partial charge in [-0.15, -0.1) is 0 Å². The number of aromatic amines is 1. The number of carbonyl (C=O) groups is 1. The number of anilines is 1. The largest absolute Gasteiger partial charge is 0.399 e. The molecule has 0 spiro atoms. The zero-order chi connectivity index (χ0) is 14.3. The summed E-state index contributed by atoms with van der Waals surface area (Å²) in [5, 5.41) is 0.982. The fourth-order valence-electron chi connectivity index (χ4n) is 2.15. The molecular formula is C15H10ClFN2O. The van der Waals surface area contributed by atoms with Crippen molar-refractivity contribution in [2.24, 2.45) is 0 Å². The average molecular weight is 289 g/mol. The van der Waals surface area contributed by atoms with Crippen LogP contribution in [0.25, 0.3) is 10.9 Å². The van der Waals surface area contributed by atoms with Crippen molar-refractivity contribution < 1.29 is 9.18 Å². The minimum atomic E-state index is -0.361. The van der Waals surface area contributed by atoms with Gasteiger partial charge in [-0.1, -0.05) is 11.6 Å². The van der Waals surface area contributed by atoms with E-state index in [1.54, 1.807) is 24.4 Å². The van der Waals surface area contributed by atoms with Crippen molar-refractivity contribution in [3.05, 3.63) is 64.6 Å². The Morgan fingerprint density at radius 2 is 1.95 bits per heavy atom. The lowest BCUT2D eigenvalue weighted by atomic mass is 10.0. The molecule has 0 fully saturated rings. The highest BCUT2D eigenvalue weighted by atomic mass is 35.5. The van der Waals surface area contributed by atoms with Crippen LogP contribution in [-0.4, -0.2) is 10.8 Å². The monoisotopic (exact) mass is 288 g/mol. The van der Waals surface area contributed by atoms with Gasteiger partial charge in [-0.2, -0.15) is 0 Å². The summed E-state index contributed by atoms with van der Waals surface area (Å²) in [5.74, 6) is -0.611. The molecule has 0 saturated carbocycles. The van der Waals surface area contributed by atoms with E-state index in [0.717, 1.165) is 0 Å². The van der Waals surface area contributed by atoms with Crippen molar-refractivity contribution in [3.63, 3.8) is 0 Å². The second-order valence-electron chi connectivity index (χ2n) is 4.46. The van der Waals surface area contributed by atoms with E-state index in [0.29, 0.717) is 32.7 Å². The number of rotatable bonds is 2. The number of hydrogen-bond donors (Lipinski definition) is 2. The number of nitrogens with one attached hydrogen (secondary N) is 1. The Morgan fingerprint density at radius 1 is 1.15 bits per heavy atom. The molecule has 0 aliphatic rings. The highest BCUT2D eigenvalue weighted by Gasteiger charge is 2.17. The van der Waals surface area contributed by atoms with Gasteiger partial charge in [0.15, 0.2) is 5.78 Å². The fourth-order valence-corrected chi connectivity index (χ4v) is 2.35. The second kappa shape index (κ2) is 4.65. The molecule has 0 bridgehead atoms. The van der Waals surface area contributed by atoms with Crippen LogP contribution in [0.4, 0.5) is 10.1 Å². The smallest absolute Gasteiger partial charge is 0.196 e. The third-order valence-corrected chi connectivity index (χ3v) is 3.45. The molecular weight excluding hydrogens is 279 g/mol. The van der Waals surface area contributed by atoms with Gasteiger partial charge >= 0.3 is 0 Å². The van der Waals surface area contributed by atoms with Gasteiger partial charge in [-0.05, 0) is 36.4 Å². The summed E-state index contributed by atoms with van der Waals surface area (Å²) >= 11 is 6.04. The molecule has 0 aliphatic heterocycles. The number of ketones is 1. The second-order valence-corrected chi connectivity index (χ2v) is 4.87. The Balaban J connectivity index is 2.15. The summed E-state index contributed by atoms with van der Waals surface area (Å²) < 4.78 is 13.1. The first-order chi connectivity index (χ1) is 9.56. The topological polar surface area (TPSA) is 58.9 Å². The Hall–Kier alpha value is -2.33. The summed E-state index contributed by atoms with van der Waals surface area (Å²) in [6.07, 6.45) is 1.55. The first-order valence-electron chi connectivity index (χ1n) is 5.92. The summed E-state index contributed by atoms with van der Waals surface area (Å²) in [4.78, 5) is 15.4. The van der Waals surface area contributed by atoms with Crippen molar-refractivity contribution in [1.82, 2.24) is 4.98 Å². The van der Waals surface area contributed by atoms with Crippen molar-refractivity contribution >= 4 is 34.0 Å². The van der Waals surface area contributed by atoms with Crippen LogP contribution in [0, 0.1) is 5.82 Å². The highest BCUT2D eigenvalue weighted by molar-refractivity contribution is 6.35. The highest BCUT2D eigenvalue weighted by Crippen LogP contribution is 2.26. The zero-order valence-corrected chi connectivity index (χ0v) is 11.0. The SMILES string of the molecule is Nc1ccc(Cl)c(C(=O)c2c[nH]c3cc(F)ccc23)c1. The molecule has 1 heterocycles. The van der Waals surface area contributed by atoms with Gasteiger partial charge in [0, 0.05) is 33.9 Å². The van der Waals surface area contributed by atoms with Crippen molar-refractivity contribution in [3.8, 4) is 0 Å². The number of nitrogen functional groups attached to an aromatic ring is 1. The van der Waals surface area contributed by atoms with E-state index < -0.39 is 0 Å². The van der Waals surface area contributed by atoms with Crippen molar-refractivity contribution in [1.29, 1.82) is 0 Å². The molecule has 0 amide bonds. The number of hydrogen-bond acceptors (Lipinski definition) is 2. The van der Waals surface area contributed by atoms with Crippen molar-refractivity contribution in [2.45, 2.75) is 0 Å². The first-order valence-corrected chi connectivity index (χ1v) is 6.30. The molecule has 20 heavy (non-hydrogen) atoms. The van der Waals surface area contributed by atoms with Crippen LogP contribution in [0.3, 0.4) is 0 Å². The maximum absolute atomic E-state index is 13.1. The molecule has 0 unspecified atom stereocenters. The quantitative estimate of drug-likeness (QED) is 0.557. The number of fused-ring (bicyclic) bond motifs is 1. The van der Waals surface area contributed by atoms with Crippen LogP contribution < -0.4 is 5.73 Å². The van der Waals surface area contributed by atoms with Crippen LogP contribution in [0.15, 0.2) is 42.6 Å². The number of carbonyl (C=O) groups excluding carboxylic acids is 1. The lowest BCUT2D eigenvalue weighted by molar-refractivity contribution is 0.104. The third kappa shape index (κ3) is 2.04. The Labute approximate surface area is 119 Å². The van der Waals surface area contributed by atoms with Crippen LogP contribution in [0.2, 0.25) is 5.02 Å². The van der Waals surface area contributed by atoms with E-state index >= 15 is 0 Å². The third-order valence-electron chi connectivity index (χ3n) is 3.12. The Kier molecular flexibility index (Phi) is 2.95. The van der Waals surface area contributed by atoms with Gasteiger partial charge in [-0.25, -0.2) is 4.39 Å². The number of H-pyrrole nitrogens is 1. The zero-order valence-electron chi connectivity index (χ0n) is 10.3. The molecule has 2 aromatic carbocycles. The maximum Gasteiger partial charge on any atom is 0.196 e. The van der Waals surface area contributed by atoms with Gasteiger partial charge in [0.2, 0.25) is 0 Å². The minimum Gasteiger partial charge on any atom is -0.399 e. The number of aromatic nitrogens is 1. The Bertz CT molecular complexity index is 826. The van der Waals surface area contributed by atoms with Gasteiger partial charge in [0.25, 0.3) is 0 Å². The van der Waals surface area contributed by atoms with Gasteiger partial charge in [-0.3, -0.25) is 4.79 Å². The first kappa shape index (κ1) is 12.7. The van der Waals surface area contributed by atoms with Crippen LogP contribution in [-0.2, 0) is 0 Å². The van der Waals surface area contributed by atoms with Crippen LogP contribution in [0.1, 0.15) is 15.9 Å². The van der Waals surface area contributed by atoms with Gasteiger partial charge in [0.05, 0.1) is 5.02 Å². The Morgan fingerprint density at radius 3 is 2.75 bits per heavy atom. The summed E-state index contributed by atoms with van der Waals surface area (Å²) in [5.41, 5.74) is 7.48. The summed E-state index contributed by atoms with van der Waals surface area (Å²) in [6.45, 7) is 0. The van der Waals surface area contributed by atoms with E-state index in [4.69, 9.17) is 17.3 Å².